The third-order valence-electron chi connectivity index (χ3n) is 3.86. The van der Waals surface area contributed by atoms with Crippen LogP contribution in [0.5, 0.6) is 0 Å². The quantitative estimate of drug-likeness (QED) is 0.745. The molecule has 0 aliphatic heterocycles. The summed E-state index contributed by atoms with van der Waals surface area (Å²) in [6, 6.07) is 6.73. The maximum absolute atomic E-state index is 12.3. The minimum absolute atomic E-state index is 0.0456. The van der Waals surface area contributed by atoms with E-state index in [-0.39, 0.29) is 23.5 Å². The van der Waals surface area contributed by atoms with Gasteiger partial charge in [-0.1, -0.05) is 18.6 Å². The number of benzene rings is 1. The molecular formula is C14H21N3O3S. The molecule has 1 amide bonds. The lowest BCUT2D eigenvalue weighted by Crippen LogP contribution is -2.29. The Bertz CT molecular complexity index is 616. The first-order valence-corrected chi connectivity index (χ1v) is 8.71. The van der Waals surface area contributed by atoms with Crippen molar-refractivity contribution in [2.75, 3.05) is 11.9 Å². The summed E-state index contributed by atoms with van der Waals surface area (Å²) >= 11 is 0. The van der Waals surface area contributed by atoms with Crippen LogP contribution in [0.2, 0.25) is 0 Å². The summed E-state index contributed by atoms with van der Waals surface area (Å²) in [5.41, 5.74) is 6.83. The highest BCUT2D eigenvalue weighted by Gasteiger charge is 2.31. The molecule has 0 radical (unpaired) electrons. The molecule has 1 aromatic rings. The van der Waals surface area contributed by atoms with Gasteiger partial charge in [0.2, 0.25) is 15.9 Å². The van der Waals surface area contributed by atoms with Crippen LogP contribution in [0.4, 0.5) is 5.69 Å². The maximum Gasteiger partial charge on any atom is 0.227 e. The van der Waals surface area contributed by atoms with E-state index in [1.54, 1.807) is 24.3 Å². The van der Waals surface area contributed by atoms with Gasteiger partial charge < -0.3 is 11.1 Å². The molecule has 5 N–H and O–H groups in total. The van der Waals surface area contributed by atoms with Gasteiger partial charge in [0.1, 0.15) is 0 Å². The van der Waals surface area contributed by atoms with E-state index in [4.69, 9.17) is 10.9 Å². The van der Waals surface area contributed by atoms with Crippen molar-refractivity contribution in [3.05, 3.63) is 29.8 Å². The number of primary sulfonamides is 1. The Morgan fingerprint density at radius 2 is 2.10 bits per heavy atom. The van der Waals surface area contributed by atoms with Crippen LogP contribution in [0, 0.1) is 11.8 Å². The predicted molar refractivity (Wildman–Crippen MR) is 81.8 cm³/mol. The molecule has 0 saturated heterocycles. The molecule has 1 aromatic carbocycles. The van der Waals surface area contributed by atoms with E-state index in [0.717, 1.165) is 19.3 Å². The topological polar surface area (TPSA) is 115 Å². The number of nitrogens with one attached hydrogen (secondary N) is 1. The summed E-state index contributed by atoms with van der Waals surface area (Å²) in [4.78, 5) is 12.3. The smallest absolute Gasteiger partial charge is 0.227 e. The van der Waals surface area contributed by atoms with E-state index in [0.29, 0.717) is 17.8 Å². The van der Waals surface area contributed by atoms with Crippen molar-refractivity contribution in [2.24, 2.45) is 22.7 Å². The SMILES string of the molecule is NC[C@H]1CCC[C@H]1C(=O)Nc1cccc(CS(N)(=O)=O)c1. The Labute approximate surface area is 124 Å². The molecule has 1 saturated carbocycles. The van der Waals surface area contributed by atoms with Crippen LogP contribution in [0.3, 0.4) is 0 Å². The van der Waals surface area contributed by atoms with Crippen molar-refractivity contribution >= 4 is 21.6 Å². The molecule has 0 spiro atoms. The van der Waals surface area contributed by atoms with E-state index < -0.39 is 10.0 Å². The zero-order valence-electron chi connectivity index (χ0n) is 11.8. The highest BCUT2D eigenvalue weighted by atomic mass is 32.2. The third kappa shape index (κ3) is 4.52. The van der Waals surface area contributed by atoms with Gasteiger partial charge in [-0.3, -0.25) is 4.79 Å². The van der Waals surface area contributed by atoms with Gasteiger partial charge in [0.15, 0.2) is 0 Å². The molecule has 21 heavy (non-hydrogen) atoms. The lowest BCUT2D eigenvalue weighted by Gasteiger charge is -2.17. The van der Waals surface area contributed by atoms with Crippen LogP contribution >= 0.6 is 0 Å². The van der Waals surface area contributed by atoms with Crippen molar-refractivity contribution in [1.29, 1.82) is 0 Å². The molecule has 2 rings (SSSR count). The minimum atomic E-state index is -3.58. The second-order valence-corrected chi connectivity index (χ2v) is 7.14. The first-order valence-electron chi connectivity index (χ1n) is 6.99. The van der Waals surface area contributed by atoms with E-state index in [9.17, 15) is 13.2 Å². The van der Waals surface area contributed by atoms with Gasteiger partial charge in [-0.05, 0) is 43.0 Å². The van der Waals surface area contributed by atoms with Crippen molar-refractivity contribution in [2.45, 2.75) is 25.0 Å². The number of amides is 1. The molecule has 1 aliphatic carbocycles. The Morgan fingerprint density at radius 1 is 1.33 bits per heavy atom. The number of rotatable bonds is 5. The lowest BCUT2D eigenvalue weighted by atomic mass is 9.95. The third-order valence-corrected chi connectivity index (χ3v) is 4.60. The normalized spacial score (nSPS) is 22.2. The van der Waals surface area contributed by atoms with Crippen LogP contribution in [0.25, 0.3) is 0 Å². The van der Waals surface area contributed by atoms with Crippen LogP contribution in [-0.2, 0) is 20.6 Å². The average molecular weight is 311 g/mol. The van der Waals surface area contributed by atoms with Gasteiger partial charge in [-0.2, -0.15) is 0 Å². The van der Waals surface area contributed by atoms with E-state index in [1.165, 1.54) is 0 Å². The molecule has 1 aliphatic rings. The molecule has 0 aromatic heterocycles. The molecule has 6 nitrogen and oxygen atoms in total. The van der Waals surface area contributed by atoms with Gasteiger partial charge in [-0.15, -0.1) is 0 Å². The Balaban J connectivity index is 2.06. The summed E-state index contributed by atoms with van der Waals surface area (Å²) in [5, 5.41) is 7.87. The average Bonchev–Trinajstić information content (AvgIpc) is 2.85. The highest BCUT2D eigenvalue weighted by molar-refractivity contribution is 7.88. The molecular weight excluding hydrogens is 290 g/mol. The number of carbonyl (C=O) groups excluding carboxylic acids is 1. The molecule has 0 bridgehead atoms. The Hall–Kier alpha value is -1.44. The molecule has 7 heteroatoms. The predicted octanol–water partition coefficient (Wildman–Crippen LogP) is 0.789. The van der Waals surface area contributed by atoms with Gasteiger partial charge in [0.25, 0.3) is 0 Å². The van der Waals surface area contributed by atoms with Crippen LogP contribution in [0.15, 0.2) is 24.3 Å². The summed E-state index contributed by atoms with van der Waals surface area (Å²) in [5.74, 6) is -0.115. The summed E-state index contributed by atoms with van der Waals surface area (Å²) in [6.45, 7) is 0.517. The first-order chi connectivity index (χ1) is 9.89. The van der Waals surface area contributed by atoms with Crippen molar-refractivity contribution in [1.82, 2.24) is 0 Å². The molecule has 0 unspecified atom stereocenters. The second kappa shape index (κ2) is 6.55. The molecule has 0 heterocycles. The van der Waals surface area contributed by atoms with Crippen molar-refractivity contribution in [3.63, 3.8) is 0 Å². The number of hydrogen-bond acceptors (Lipinski definition) is 4. The largest absolute Gasteiger partial charge is 0.330 e. The second-order valence-electron chi connectivity index (χ2n) is 5.53. The number of carbonyl (C=O) groups is 1. The standard InChI is InChI=1S/C14H21N3O3S/c15-8-11-4-2-6-13(11)14(18)17-12-5-1-3-10(7-12)9-21(16,19)20/h1,3,5,7,11,13H,2,4,6,8-9,15H2,(H,17,18)(H2,16,19,20)/t11-,13-/m1/s1. The summed E-state index contributed by atoms with van der Waals surface area (Å²) in [7, 11) is -3.58. The van der Waals surface area contributed by atoms with Gasteiger partial charge in [0.05, 0.1) is 5.75 Å². The zero-order chi connectivity index (χ0) is 15.5. The van der Waals surface area contributed by atoms with Crippen LogP contribution < -0.4 is 16.2 Å². The first kappa shape index (κ1) is 15.9. The zero-order valence-corrected chi connectivity index (χ0v) is 12.6. The van der Waals surface area contributed by atoms with Crippen LogP contribution in [0.1, 0.15) is 24.8 Å². The van der Waals surface area contributed by atoms with Crippen molar-refractivity contribution in [3.8, 4) is 0 Å². The Kier molecular flexibility index (Phi) is 4.97. The number of nitrogens with two attached hydrogens (primary N) is 2. The van der Waals surface area contributed by atoms with E-state index in [2.05, 4.69) is 5.32 Å². The fraction of sp³-hybridized carbons (Fsp3) is 0.500. The number of anilines is 1. The number of hydrogen-bond donors (Lipinski definition) is 3. The molecule has 116 valence electrons. The van der Waals surface area contributed by atoms with Gasteiger partial charge in [0, 0.05) is 11.6 Å². The highest BCUT2D eigenvalue weighted by Crippen LogP contribution is 2.31. The molecule has 2 atom stereocenters. The minimum Gasteiger partial charge on any atom is -0.330 e. The fourth-order valence-corrected chi connectivity index (χ4v) is 3.51. The fourth-order valence-electron chi connectivity index (χ4n) is 2.87. The van der Waals surface area contributed by atoms with Gasteiger partial charge >= 0.3 is 0 Å². The van der Waals surface area contributed by atoms with Gasteiger partial charge in [-0.25, -0.2) is 13.6 Å². The summed E-state index contributed by atoms with van der Waals surface area (Å²) in [6.07, 6.45) is 2.86. The maximum atomic E-state index is 12.3. The van der Waals surface area contributed by atoms with E-state index in [1.807, 2.05) is 0 Å². The lowest BCUT2D eigenvalue weighted by molar-refractivity contribution is -0.120. The Morgan fingerprint density at radius 3 is 2.76 bits per heavy atom. The van der Waals surface area contributed by atoms with Crippen molar-refractivity contribution < 1.29 is 13.2 Å². The summed E-state index contributed by atoms with van der Waals surface area (Å²) < 4.78 is 22.2. The molecule has 1 fully saturated rings. The monoisotopic (exact) mass is 311 g/mol. The van der Waals surface area contributed by atoms with Crippen LogP contribution in [-0.4, -0.2) is 20.9 Å². The van der Waals surface area contributed by atoms with E-state index >= 15 is 0 Å². The number of sulfonamides is 1.